The molecule has 2 aromatic rings. The van der Waals surface area contributed by atoms with Gasteiger partial charge in [-0.15, -0.1) is 0 Å². The fraction of sp³-hybridized carbons (Fsp3) is 0.333. The van der Waals surface area contributed by atoms with Gasteiger partial charge in [0.2, 0.25) is 0 Å². The van der Waals surface area contributed by atoms with Crippen molar-refractivity contribution < 1.29 is 27.5 Å². The Kier molecular flexibility index (Phi) is 4.57. The van der Waals surface area contributed by atoms with Crippen molar-refractivity contribution in [1.29, 1.82) is 0 Å². The fourth-order valence-corrected chi connectivity index (χ4v) is 1.52. The molecule has 8 heteroatoms. The minimum atomic E-state index is -2.54. The summed E-state index contributed by atoms with van der Waals surface area (Å²) in [6.07, 6.45) is -2.39. The summed E-state index contributed by atoms with van der Waals surface area (Å²) in [6, 6.07) is 3.77. The van der Waals surface area contributed by atoms with Crippen LogP contribution in [-0.2, 0) is 11.2 Å². The normalized spacial score (nSPS) is 11.2. The summed E-state index contributed by atoms with van der Waals surface area (Å²) in [5.41, 5.74) is -0.195. The van der Waals surface area contributed by atoms with Gasteiger partial charge in [0.15, 0.2) is 5.82 Å². The summed E-state index contributed by atoms with van der Waals surface area (Å²) in [4.78, 5) is 3.87. The number of nitrogens with zero attached hydrogens (tertiary/aromatic N) is 2. The summed E-state index contributed by atoms with van der Waals surface area (Å²) in [5, 5.41) is 13.1. The largest absolute Gasteiger partial charge is 0.507 e. The number of ether oxygens (including phenoxy) is 1. The summed E-state index contributed by atoms with van der Waals surface area (Å²) in [7, 11) is 0. The number of hydrogen-bond acceptors (Lipinski definition) is 5. The predicted molar refractivity (Wildman–Crippen MR) is 61.9 cm³/mol. The van der Waals surface area contributed by atoms with Gasteiger partial charge in [0.1, 0.15) is 23.7 Å². The molecule has 0 aliphatic rings. The van der Waals surface area contributed by atoms with Crippen molar-refractivity contribution in [2.24, 2.45) is 0 Å². The van der Waals surface area contributed by atoms with Crippen molar-refractivity contribution >= 4 is 0 Å². The molecule has 1 aromatic heterocycles. The number of hydrogen-bond donors (Lipinski definition) is 1. The third-order valence-corrected chi connectivity index (χ3v) is 2.39. The Hall–Kier alpha value is -2.09. The molecular formula is C12H11F3N2O3. The van der Waals surface area contributed by atoms with Crippen LogP contribution in [0, 0.1) is 5.82 Å². The van der Waals surface area contributed by atoms with E-state index < -0.39 is 18.8 Å². The number of alkyl halides is 2. The molecule has 20 heavy (non-hydrogen) atoms. The molecule has 2 rings (SSSR count). The van der Waals surface area contributed by atoms with Crippen molar-refractivity contribution in [2.45, 2.75) is 12.8 Å². The van der Waals surface area contributed by atoms with E-state index in [9.17, 15) is 18.3 Å². The van der Waals surface area contributed by atoms with Gasteiger partial charge in [-0.3, -0.25) is 0 Å². The third kappa shape index (κ3) is 3.47. The van der Waals surface area contributed by atoms with E-state index in [-0.39, 0.29) is 36.1 Å². The Bertz CT molecular complexity index is 555. The average molecular weight is 288 g/mol. The second-order valence-corrected chi connectivity index (χ2v) is 3.87. The first-order valence-electron chi connectivity index (χ1n) is 5.74. The van der Waals surface area contributed by atoms with Crippen LogP contribution in [0.3, 0.4) is 0 Å². The van der Waals surface area contributed by atoms with Crippen LogP contribution >= 0.6 is 0 Å². The monoisotopic (exact) mass is 288 g/mol. The maximum absolute atomic E-state index is 13.5. The van der Waals surface area contributed by atoms with Gasteiger partial charge in [0.25, 0.3) is 12.3 Å². The molecule has 0 amide bonds. The van der Waals surface area contributed by atoms with E-state index in [2.05, 4.69) is 14.9 Å². The Morgan fingerprint density at radius 1 is 1.35 bits per heavy atom. The van der Waals surface area contributed by atoms with Crippen LogP contribution in [0.5, 0.6) is 5.75 Å². The minimum Gasteiger partial charge on any atom is -0.507 e. The molecule has 0 radical (unpaired) electrons. The van der Waals surface area contributed by atoms with Crippen LogP contribution in [0.2, 0.25) is 0 Å². The van der Waals surface area contributed by atoms with E-state index in [1.807, 2.05) is 0 Å². The molecule has 1 heterocycles. The number of aromatic hydroxyl groups is 1. The predicted octanol–water partition coefficient (Wildman–Crippen LogP) is 2.41. The topological polar surface area (TPSA) is 68.4 Å². The highest BCUT2D eigenvalue weighted by molar-refractivity contribution is 5.62. The van der Waals surface area contributed by atoms with Crippen LogP contribution < -0.4 is 0 Å². The SMILES string of the molecule is Oc1cccc(F)c1-c1nc(CCOCC(F)F)no1. The fourth-order valence-electron chi connectivity index (χ4n) is 1.52. The van der Waals surface area contributed by atoms with Crippen molar-refractivity contribution in [3.8, 4) is 17.2 Å². The molecule has 1 aromatic carbocycles. The van der Waals surface area contributed by atoms with Crippen molar-refractivity contribution in [2.75, 3.05) is 13.2 Å². The lowest BCUT2D eigenvalue weighted by Gasteiger charge is -2.00. The van der Waals surface area contributed by atoms with E-state index in [1.54, 1.807) is 0 Å². The second-order valence-electron chi connectivity index (χ2n) is 3.87. The Morgan fingerprint density at radius 3 is 2.85 bits per heavy atom. The van der Waals surface area contributed by atoms with E-state index in [0.29, 0.717) is 0 Å². The first-order valence-corrected chi connectivity index (χ1v) is 5.74. The molecule has 5 nitrogen and oxygen atoms in total. The van der Waals surface area contributed by atoms with Gasteiger partial charge in [0.05, 0.1) is 6.61 Å². The molecule has 0 atom stereocenters. The van der Waals surface area contributed by atoms with Gasteiger partial charge < -0.3 is 14.4 Å². The molecule has 108 valence electrons. The lowest BCUT2D eigenvalue weighted by molar-refractivity contribution is 0.0182. The van der Waals surface area contributed by atoms with Crippen LogP contribution in [-0.4, -0.2) is 34.9 Å². The number of halogens is 3. The van der Waals surface area contributed by atoms with Gasteiger partial charge in [-0.25, -0.2) is 13.2 Å². The maximum Gasteiger partial charge on any atom is 0.264 e. The van der Waals surface area contributed by atoms with Crippen molar-refractivity contribution in [3.05, 3.63) is 29.8 Å². The quantitative estimate of drug-likeness (QED) is 0.827. The number of phenols is 1. The minimum absolute atomic E-state index is 0.00737. The highest BCUT2D eigenvalue weighted by atomic mass is 19.3. The standard InChI is InChI=1S/C12H11F3N2O3/c13-7-2-1-3-8(18)11(7)12-16-10(17-20-12)4-5-19-6-9(14)15/h1-3,9,18H,4-6H2. The van der Waals surface area contributed by atoms with E-state index in [0.717, 1.165) is 6.07 Å². The first-order chi connectivity index (χ1) is 9.58. The zero-order chi connectivity index (χ0) is 14.5. The highest BCUT2D eigenvalue weighted by Crippen LogP contribution is 2.30. The Labute approximate surface area is 112 Å². The van der Waals surface area contributed by atoms with Crippen LogP contribution in [0.15, 0.2) is 22.7 Å². The maximum atomic E-state index is 13.5. The molecule has 0 aliphatic carbocycles. The molecule has 0 saturated heterocycles. The lowest BCUT2D eigenvalue weighted by atomic mass is 10.2. The molecule has 0 bridgehead atoms. The van der Waals surface area contributed by atoms with Gasteiger partial charge in [-0.05, 0) is 12.1 Å². The molecule has 1 N–H and O–H groups in total. The smallest absolute Gasteiger partial charge is 0.264 e. The van der Waals surface area contributed by atoms with E-state index >= 15 is 0 Å². The third-order valence-electron chi connectivity index (χ3n) is 2.39. The number of benzene rings is 1. The van der Waals surface area contributed by atoms with Gasteiger partial charge in [-0.2, -0.15) is 4.98 Å². The van der Waals surface area contributed by atoms with Crippen LogP contribution in [0.25, 0.3) is 11.5 Å². The second kappa shape index (κ2) is 6.38. The number of rotatable bonds is 6. The summed E-state index contributed by atoms with van der Waals surface area (Å²) >= 11 is 0. The van der Waals surface area contributed by atoms with E-state index in [4.69, 9.17) is 4.52 Å². The average Bonchev–Trinajstić information content (AvgIpc) is 2.83. The summed E-state index contributed by atoms with van der Waals surface area (Å²) in [5.74, 6) is -1.02. The van der Waals surface area contributed by atoms with Gasteiger partial charge in [0, 0.05) is 6.42 Å². The molecule has 0 aliphatic heterocycles. The van der Waals surface area contributed by atoms with Crippen molar-refractivity contribution in [3.63, 3.8) is 0 Å². The zero-order valence-corrected chi connectivity index (χ0v) is 10.2. The highest BCUT2D eigenvalue weighted by Gasteiger charge is 2.17. The number of aromatic nitrogens is 2. The Balaban J connectivity index is 2.02. The molecule has 0 spiro atoms. The van der Waals surface area contributed by atoms with Gasteiger partial charge >= 0.3 is 0 Å². The molecular weight excluding hydrogens is 277 g/mol. The molecule has 0 fully saturated rings. The Morgan fingerprint density at radius 2 is 2.15 bits per heavy atom. The molecule has 0 unspecified atom stereocenters. The number of phenolic OH excluding ortho intramolecular Hbond substituents is 1. The van der Waals surface area contributed by atoms with Crippen LogP contribution in [0.4, 0.5) is 13.2 Å². The lowest BCUT2D eigenvalue weighted by Crippen LogP contribution is -2.07. The molecule has 0 saturated carbocycles. The first kappa shape index (κ1) is 14.3. The van der Waals surface area contributed by atoms with Crippen LogP contribution in [0.1, 0.15) is 5.82 Å². The van der Waals surface area contributed by atoms with E-state index in [1.165, 1.54) is 12.1 Å². The van der Waals surface area contributed by atoms with Crippen molar-refractivity contribution in [1.82, 2.24) is 10.1 Å². The zero-order valence-electron chi connectivity index (χ0n) is 10.2. The van der Waals surface area contributed by atoms with Gasteiger partial charge in [-0.1, -0.05) is 11.2 Å². The summed E-state index contributed by atoms with van der Waals surface area (Å²) < 4.78 is 46.7. The summed E-state index contributed by atoms with van der Waals surface area (Å²) in [6.45, 7) is -0.675.